The zero-order valence-electron chi connectivity index (χ0n) is 16.4. The molecule has 0 spiro atoms. The number of hydrogen-bond acceptors (Lipinski definition) is 4. The zero-order valence-corrected chi connectivity index (χ0v) is 17.2. The molecule has 3 nitrogen and oxygen atoms in total. The van der Waals surface area contributed by atoms with Gasteiger partial charge in [0.15, 0.2) is 0 Å². The van der Waals surface area contributed by atoms with Crippen LogP contribution in [0.4, 0.5) is 10.1 Å². The van der Waals surface area contributed by atoms with Gasteiger partial charge in [-0.05, 0) is 41.5 Å². The molecule has 0 unspecified atom stereocenters. The van der Waals surface area contributed by atoms with E-state index in [0.717, 1.165) is 27.8 Å². The number of rotatable bonds is 4. The first kappa shape index (κ1) is 19.2. The van der Waals surface area contributed by atoms with Crippen LogP contribution in [0.3, 0.4) is 0 Å². The van der Waals surface area contributed by atoms with Gasteiger partial charge in [-0.1, -0.05) is 60.7 Å². The summed E-state index contributed by atoms with van der Waals surface area (Å²) in [4.78, 5) is 19.1. The molecule has 0 amide bonds. The minimum Gasteiger partial charge on any atom is -0.397 e. The average molecular weight is 425 g/mol. The Kier molecular flexibility index (Phi) is 4.81. The molecule has 3 aromatic carbocycles. The molecule has 2 heterocycles. The van der Waals surface area contributed by atoms with Crippen molar-refractivity contribution in [3.8, 4) is 22.4 Å². The van der Waals surface area contributed by atoms with Gasteiger partial charge in [-0.3, -0.25) is 4.79 Å². The predicted molar refractivity (Wildman–Crippen MR) is 125 cm³/mol. The third-order valence-corrected chi connectivity index (χ3v) is 6.26. The Bertz CT molecular complexity index is 1390. The van der Waals surface area contributed by atoms with E-state index in [2.05, 4.69) is 0 Å². The van der Waals surface area contributed by atoms with Crippen LogP contribution in [-0.2, 0) is 0 Å². The number of aromatic nitrogens is 1. The van der Waals surface area contributed by atoms with E-state index >= 15 is 0 Å². The molecule has 5 aromatic rings. The van der Waals surface area contributed by atoms with Gasteiger partial charge < -0.3 is 5.73 Å². The molecule has 2 N–H and O–H groups in total. The van der Waals surface area contributed by atoms with Gasteiger partial charge in [0.1, 0.15) is 15.5 Å². The SMILES string of the molecule is Nc1c(C(=O)c2ccc(F)cc2)sc2nc(-c3ccccc3)cc(-c3ccccc3)c12. The molecule has 0 bridgehead atoms. The number of pyridine rings is 1. The first-order valence-electron chi connectivity index (χ1n) is 9.76. The molecule has 0 aliphatic heterocycles. The molecule has 0 aliphatic carbocycles. The van der Waals surface area contributed by atoms with Gasteiger partial charge >= 0.3 is 0 Å². The van der Waals surface area contributed by atoms with Crippen LogP contribution in [0, 0.1) is 5.82 Å². The lowest BCUT2D eigenvalue weighted by atomic mass is 9.99. The van der Waals surface area contributed by atoms with Crippen LogP contribution in [0.25, 0.3) is 32.6 Å². The maximum atomic E-state index is 13.3. The number of halogens is 1. The second kappa shape index (κ2) is 7.78. The molecule has 150 valence electrons. The summed E-state index contributed by atoms with van der Waals surface area (Å²) in [5, 5.41) is 0.765. The number of carbonyl (C=O) groups excluding carboxylic acids is 1. The summed E-state index contributed by atoms with van der Waals surface area (Å²) in [6, 6.07) is 27.4. The molecule has 2 aromatic heterocycles. The van der Waals surface area contributed by atoms with E-state index in [1.165, 1.54) is 35.6 Å². The van der Waals surface area contributed by atoms with Gasteiger partial charge in [0.25, 0.3) is 0 Å². The highest BCUT2D eigenvalue weighted by atomic mass is 32.1. The normalized spacial score (nSPS) is 11.0. The number of thiophene rings is 1. The van der Waals surface area contributed by atoms with Crippen LogP contribution in [0.2, 0.25) is 0 Å². The van der Waals surface area contributed by atoms with E-state index in [9.17, 15) is 9.18 Å². The second-order valence-corrected chi connectivity index (χ2v) is 8.15. The third kappa shape index (κ3) is 3.49. The van der Waals surface area contributed by atoms with Gasteiger partial charge in [0, 0.05) is 16.5 Å². The average Bonchev–Trinajstić information content (AvgIpc) is 3.16. The fourth-order valence-corrected chi connectivity index (χ4v) is 4.71. The summed E-state index contributed by atoms with van der Waals surface area (Å²) in [5.41, 5.74) is 11.0. The number of carbonyl (C=O) groups is 1. The van der Waals surface area contributed by atoms with Gasteiger partial charge in [-0.2, -0.15) is 0 Å². The summed E-state index contributed by atoms with van der Waals surface area (Å²) < 4.78 is 13.3. The van der Waals surface area contributed by atoms with Crippen molar-refractivity contribution in [3.63, 3.8) is 0 Å². The van der Waals surface area contributed by atoms with Crippen molar-refractivity contribution in [1.29, 1.82) is 0 Å². The Morgan fingerprint density at radius 1 is 0.839 bits per heavy atom. The fourth-order valence-electron chi connectivity index (χ4n) is 3.62. The van der Waals surface area contributed by atoms with E-state index < -0.39 is 0 Å². The number of ketones is 1. The highest BCUT2D eigenvalue weighted by molar-refractivity contribution is 7.21. The molecule has 5 rings (SSSR count). The molecule has 5 heteroatoms. The van der Waals surface area contributed by atoms with Crippen LogP contribution in [0.15, 0.2) is 91.0 Å². The molecular weight excluding hydrogens is 407 g/mol. The number of anilines is 1. The lowest BCUT2D eigenvalue weighted by molar-refractivity contribution is 0.104. The molecule has 0 atom stereocenters. The van der Waals surface area contributed by atoms with Gasteiger partial charge in [0.2, 0.25) is 5.78 Å². The molecular formula is C26H17FN2OS. The van der Waals surface area contributed by atoms with Gasteiger partial charge in [0.05, 0.1) is 11.4 Å². The molecule has 0 saturated carbocycles. The third-order valence-electron chi connectivity index (χ3n) is 5.17. The molecule has 0 saturated heterocycles. The van der Waals surface area contributed by atoms with Crippen molar-refractivity contribution >= 4 is 33.0 Å². The Balaban J connectivity index is 1.75. The number of fused-ring (bicyclic) bond motifs is 1. The predicted octanol–water partition coefficient (Wildman–Crippen LogP) is 6.58. The van der Waals surface area contributed by atoms with E-state index in [1.807, 2.05) is 66.7 Å². The minimum atomic E-state index is -0.388. The van der Waals surface area contributed by atoms with Crippen LogP contribution in [0.1, 0.15) is 15.2 Å². The van der Waals surface area contributed by atoms with Crippen LogP contribution in [0.5, 0.6) is 0 Å². The van der Waals surface area contributed by atoms with E-state index in [4.69, 9.17) is 10.7 Å². The number of nitrogens with zero attached hydrogens (tertiary/aromatic N) is 1. The van der Waals surface area contributed by atoms with Crippen molar-refractivity contribution in [1.82, 2.24) is 4.98 Å². The number of benzene rings is 3. The number of hydrogen-bond donors (Lipinski definition) is 1. The highest BCUT2D eigenvalue weighted by Crippen LogP contribution is 2.42. The van der Waals surface area contributed by atoms with Crippen molar-refractivity contribution in [3.05, 3.63) is 107 Å². The lowest BCUT2D eigenvalue weighted by Crippen LogP contribution is -2.02. The smallest absolute Gasteiger partial charge is 0.205 e. The van der Waals surface area contributed by atoms with Gasteiger partial charge in [-0.25, -0.2) is 9.37 Å². The monoisotopic (exact) mass is 424 g/mol. The van der Waals surface area contributed by atoms with Crippen molar-refractivity contribution in [2.75, 3.05) is 5.73 Å². The van der Waals surface area contributed by atoms with Crippen molar-refractivity contribution < 1.29 is 9.18 Å². The van der Waals surface area contributed by atoms with Crippen molar-refractivity contribution in [2.24, 2.45) is 0 Å². The lowest BCUT2D eigenvalue weighted by Gasteiger charge is -2.09. The molecule has 0 fully saturated rings. The molecule has 0 radical (unpaired) electrons. The summed E-state index contributed by atoms with van der Waals surface area (Å²) in [5.74, 6) is -0.623. The van der Waals surface area contributed by atoms with E-state index in [0.29, 0.717) is 21.0 Å². The second-order valence-electron chi connectivity index (χ2n) is 7.15. The topological polar surface area (TPSA) is 56.0 Å². The summed E-state index contributed by atoms with van der Waals surface area (Å²) in [7, 11) is 0. The number of nitrogen functional groups attached to an aromatic ring is 1. The number of nitrogens with two attached hydrogens (primary N) is 1. The maximum absolute atomic E-state index is 13.3. The standard InChI is InChI=1S/C26H17FN2OS/c27-19-13-11-18(12-14-19)24(30)25-23(28)22-20(16-7-3-1-4-8-16)15-21(29-26(22)31-25)17-9-5-2-6-10-17/h1-15H,28H2. The molecule has 31 heavy (non-hydrogen) atoms. The Labute approximate surface area is 182 Å². The van der Waals surface area contributed by atoms with E-state index in [1.54, 1.807) is 0 Å². The minimum absolute atomic E-state index is 0.235. The summed E-state index contributed by atoms with van der Waals surface area (Å²) in [6.45, 7) is 0. The zero-order chi connectivity index (χ0) is 21.4. The Hall–Kier alpha value is -3.83. The first-order valence-corrected chi connectivity index (χ1v) is 10.6. The van der Waals surface area contributed by atoms with Crippen LogP contribution < -0.4 is 5.73 Å². The van der Waals surface area contributed by atoms with Gasteiger partial charge in [-0.15, -0.1) is 11.3 Å². The van der Waals surface area contributed by atoms with Crippen LogP contribution >= 0.6 is 11.3 Å². The summed E-state index contributed by atoms with van der Waals surface area (Å²) >= 11 is 1.27. The quantitative estimate of drug-likeness (QED) is 0.331. The van der Waals surface area contributed by atoms with Crippen molar-refractivity contribution in [2.45, 2.75) is 0 Å². The molecule has 0 aliphatic rings. The highest BCUT2D eigenvalue weighted by Gasteiger charge is 2.22. The fraction of sp³-hybridized carbons (Fsp3) is 0. The van der Waals surface area contributed by atoms with Crippen LogP contribution in [-0.4, -0.2) is 10.8 Å². The Morgan fingerprint density at radius 3 is 2.10 bits per heavy atom. The maximum Gasteiger partial charge on any atom is 0.205 e. The largest absolute Gasteiger partial charge is 0.397 e. The Morgan fingerprint density at radius 2 is 1.45 bits per heavy atom. The van der Waals surface area contributed by atoms with E-state index in [-0.39, 0.29) is 11.6 Å². The summed E-state index contributed by atoms with van der Waals surface area (Å²) in [6.07, 6.45) is 0. The first-order chi connectivity index (χ1) is 15.1.